The summed E-state index contributed by atoms with van der Waals surface area (Å²) in [6, 6.07) is 6.40. The predicted molar refractivity (Wildman–Crippen MR) is 76.8 cm³/mol. The zero-order valence-corrected chi connectivity index (χ0v) is 11.6. The van der Waals surface area contributed by atoms with Gasteiger partial charge in [0.25, 0.3) is 0 Å². The minimum absolute atomic E-state index is 0.161. The van der Waals surface area contributed by atoms with Gasteiger partial charge in [-0.05, 0) is 38.5 Å². The maximum Gasteiger partial charge on any atom is 0.0813 e. The molecule has 0 radical (unpaired) electrons. The van der Waals surface area contributed by atoms with Gasteiger partial charge in [0.05, 0.1) is 15.7 Å². The minimum atomic E-state index is 0.161. The molecule has 0 aliphatic heterocycles. The minimum Gasteiger partial charge on any atom is -0.380 e. The number of hydrogen-bond acceptors (Lipinski definition) is 3. The standard InChI is InChI=1S/C14H20N2S/c1-4-5-8-14(2,3)16-11-6-7-12-13(9-11)17-10-15-12/h6-7,9-10,16H,4-5,8H2,1-3H3. The molecule has 17 heavy (non-hydrogen) atoms. The van der Waals surface area contributed by atoms with Crippen LogP contribution >= 0.6 is 11.3 Å². The molecule has 2 nitrogen and oxygen atoms in total. The lowest BCUT2D eigenvalue weighted by Gasteiger charge is -2.27. The van der Waals surface area contributed by atoms with Gasteiger partial charge in [-0.1, -0.05) is 19.8 Å². The van der Waals surface area contributed by atoms with Crippen molar-refractivity contribution in [2.24, 2.45) is 0 Å². The number of benzene rings is 1. The van der Waals surface area contributed by atoms with E-state index >= 15 is 0 Å². The molecule has 1 aromatic carbocycles. The molecule has 1 aromatic heterocycles. The molecule has 0 bridgehead atoms. The Hall–Kier alpha value is -1.09. The van der Waals surface area contributed by atoms with Gasteiger partial charge in [0, 0.05) is 11.2 Å². The van der Waals surface area contributed by atoms with E-state index < -0.39 is 0 Å². The fraction of sp³-hybridized carbons (Fsp3) is 0.500. The first-order valence-electron chi connectivity index (χ1n) is 6.22. The van der Waals surface area contributed by atoms with Crippen molar-refractivity contribution >= 4 is 27.2 Å². The Morgan fingerprint density at radius 2 is 2.18 bits per heavy atom. The monoisotopic (exact) mass is 248 g/mol. The molecule has 0 saturated heterocycles. The number of aromatic nitrogens is 1. The third-order valence-corrected chi connectivity index (χ3v) is 3.76. The van der Waals surface area contributed by atoms with Crippen molar-refractivity contribution in [3.8, 4) is 0 Å². The first-order chi connectivity index (χ1) is 8.11. The number of anilines is 1. The van der Waals surface area contributed by atoms with Gasteiger partial charge in [0.2, 0.25) is 0 Å². The van der Waals surface area contributed by atoms with Crippen LogP contribution < -0.4 is 5.32 Å². The number of nitrogens with zero attached hydrogens (tertiary/aromatic N) is 1. The average Bonchev–Trinajstić information content (AvgIpc) is 2.73. The molecule has 0 aliphatic rings. The second-order valence-electron chi connectivity index (χ2n) is 5.15. The van der Waals surface area contributed by atoms with Crippen molar-refractivity contribution in [3.05, 3.63) is 23.7 Å². The number of thiazole rings is 1. The maximum atomic E-state index is 4.30. The van der Waals surface area contributed by atoms with Crippen molar-refractivity contribution in [2.45, 2.75) is 45.6 Å². The van der Waals surface area contributed by atoms with Crippen LogP contribution in [0.25, 0.3) is 10.2 Å². The average molecular weight is 248 g/mol. The Kier molecular flexibility index (Phi) is 3.67. The lowest BCUT2D eigenvalue weighted by molar-refractivity contribution is 0.493. The predicted octanol–water partition coefficient (Wildman–Crippen LogP) is 4.68. The summed E-state index contributed by atoms with van der Waals surface area (Å²) in [5.74, 6) is 0. The number of fused-ring (bicyclic) bond motifs is 1. The third kappa shape index (κ3) is 3.19. The number of hydrogen-bond donors (Lipinski definition) is 1. The van der Waals surface area contributed by atoms with Gasteiger partial charge in [0.1, 0.15) is 0 Å². The second kappa shape index (κ2) is 5.05. The van der Waals surface area contributed by atoms with Crippen LogP contribution in [0.5, 0.6) is 0 Å². The first-order valence-corrected chi connectivity index (χ1v) is 7.10. The second-order valence-corrected chi connectivity index (χ2v) is 6.03. The molecule has 0 amide bonds. The van der Waals surface area contributed by atoms with E-state index in [0.717, 1.165) is 5.52 Å². The lowest BCUT2D eigenvalue weighted by atomic mass is 9.97. The molecule has 92 valence electrons. The molecule has 1 N–H and O–H groups in total. The van der Waals surface area contributed by atoms with Crippen molar-refractivity contribution in [1.29, 1.82) is 0 Å². The summed E-state index contributed by atoms with van der Waals surface area (Å²) in [5.41, 5.74) is 4.35. The van der Waals surface area contributed by atoms with E-state index in [1.54, 1.807) is 11.3 Å². The van der Waals surface area contributed by atoms with Crippen LogP contribution in [-0.2, 0) is 0 Å². The van der Waals surface area contributed by atoms with E-state index in [0.29, 0.717) is 0 Å². The molecule has 1 heterocycles. The fourth-order valence-electron chi connectivity index (χ4n) is 2.00. The highest BCUT2D eigenvalue weighted by atomic mass is 32.1. The molecular formula is C14H20N2S. The summed E-state index contributed by atoms with van der Waals surface area (Å²) in [6.07, 6.45) is 3.71. The summed E-state index contributed by atoms with van der Waals surface area (Å²) in [4.78, 5) is 4.30. The normalized spacial score (nSPS) is 11.9. The van der Waals surface area contributed by atoms with Gasteiger partial charge in [-0.25, -0.2) is 4.98 Å². The summed E-state index contributed by atoms with van der Waals surface area (Å²) >= 11 is 1.69. The molecule has 0 atom stereocenters. The molecular weight excluding hydrogens is 228 g/mol. The largest absolute Gasteiger partial charge is 0.380 e. The van der Waals surface area contributed by atoms with Crippen molar-refractivity contribution in [2.75, 3.05) is 5.32 Å². The van der Waals surface area contributed by atoms with Crippen LogP contribution in [0.4, 0.5) is 5.69 Å². The van der Waals surface area contributed by atoms with Crippen LogP contribution in [0, 0.1) is 0 Å². The highest BCUT2D eigenvalue weighted by Gasteiger charge is 2.16. The highest BCUT2D eigenvalue weighted by Crippen LogP contribution is 2.25. The number of unbranched alkanes of at least 4 members (excludes halogenated alkanes) is 1. The van der Waals surface area contributed by atoms with Crippen molar-refractivity contribution < 1.29 is 0 Å². The molecule has 0 fully saturated rings. The van der Waals surface area contributed by atoms with Crippen LogP contribution in [0.1, 0.15) is 40.0 Å². The topological polar surface area (TPSA) is 24.9 Å². The zero-order valence-electron chi connectivity index (χ0n) is 10.8. The molecule has 2 aromatic rings. The van der Waals surface area contributed by atoms with Gasteiger partial charge >= 0.3 is 0 Å². The van der Waals surface area contributed by atoms with Gasteiger partial charge < -0.3 is 5.32 Å². The van der Waals surface area contributed by atoms with E-state index in [9.17, 15) is 0 Å². The Balaban J connectivity index is 2.11. The van der Waals surface area contributed by atoms with Crippen molar-refractivity contribution in [1.82, 2.24) is 4.98 Å². The first kappa shape index (κ1) is 12.4. The molecule has 2 rings (SSSR count). The van der Waals surface area contributed by atoms with Crippen LogP contribution in [0.15, 0.2) is 23.7 Å². The number of rotatable bonds is 5. The SMILES string of the molecule is CCCCC(C)(C)Nc1ccc2ncsc2c1. The lowest BCUT2D eigenvalue weighted by Crippen LogP contribution is -2.30. The quantitative estimate of drug-likeness (QED) is 0.831. The van der Waals surface area contributed by atoms with E-state index in [-0.39, 0.29) is 5.54 Å². The van der Waals surface area contributed by atoms with E-state index in [2.05, 4.69) is 49.3 Å². The van der Waals surface area contributed by atoms with Crippen LogP contribution in [0.3, 0.4) is 0 Å². The molecule has 3 heteroatoms. The van der Waals surface area contributed by atoms with Gasteiger partial charge in [0.15, 0.2) is 0 Å². The van der Waals surface area contributed by atoms with Crippen LogP contribution in [0.2, 0.25) is 0 Å². The van der Waals surface area contributed by atoms with Crippen molar-refractivity contribution in [3.63, 3.8) is 0 Å². The van der Waals surface area contributed by atoms with Gasteiger partial charge in [-0.2, -0.15) is 0 Å². The van der Waals surface area contributed by atoms with Gasteiger partial charge in [-0.15, -0.1) is 11.3 Å². The maximum absolute atomic E-state index is 4.30. The highest BCUT2D eigenvalue weighted by molar-refractivity contribution is 7.16. The Labute approximate surface area is 107 Å². The molecule has 0 spiro atoms. The Bertz CT molecular complexity index is 488. The summed E-state index contributed by atoms with van der Waals surface area (Å²) in [7, 11) is 0. The van der Waals surface area contributed by atoms with Crippen LogP contribution in [-0.4, -0.2) is 10.5 Å². The van der Waals surface area contributed by atoms with E-state index in [4.69, 9.17) is 0 Å². The van der Waals surface area contributed by atoms with E-state index in [1.165, 1.54) is 29.6 Å². The van der Waals surface area contributed by atoms with Gasteiger partial charge in [-0.3, -0.25) is 0 Å². The fourth-order valence-corrected chi connectivity index (χ4v) is 2.72. The summed E-state index contributed by atoms with van der Waals surface area (Å²) in [5, 5.41) is 3.61. The summed E-state index contributed by atoms with van der Waals surface area (Å²) in [6.45, 7) is 6.76. The smallest absolute Gasteiger partial charge is 0.0813 e. The zero-order chi connectivity index (χ0) is 12.3. The third-order valence-electron chi connectivity index (χ3n) is 2.97. The molecule has 0 unspecified atom stereocenters. The van der Waals surface area contributed by atoms with E-state index in [1.807, 2.05) is 5.51 Å². The Morgan fingerprint density at radius 1 is 1.35 bits per heavy atom. The summed E-state index contributed by atoms with van der Waals surface area (Å²) < 4.78 is 1.25. The number of nitrogens with one attached hydrogen (secondary N) is 1. The Morgan fingerprint density at radius 3 is 2.94 bits per heavy atom. The molecule has 0 saturated carbocycles. The molecule has 0 aliphatic carbocycles.